The Kier molecular flexibility index (Phi) is 6.58. The lowest BCUT2D eigenvalue weighted by molar-refractivity contribution is 0.0446. The van der Waals surface area contributed by atoms with Gasteiger partial charge in [0.25, 0.3) is 5.91 Å². The van der Waals surface area contributed by atoms with Gasteiger partial charge in [-0.1, -0.05) is 42.5 Å². The first-order valence-corrected chi connectivity index (χ1v) is 9.04. The molecule has 0 heterocycles. The van der Waals surface area contributed by atoms with Gasteiger partial charge in [-0.15, -0.1) is 0 Å². The van der Waals surface area contributed by atoms with Crippen molar-refractivity contribution < 1.29 is 23.5 Å². The van der Waals surface area contributed by atoms with Gasteiger partial charge in [0.05, 0.1) is 11.1 Å². The molecule has 6 heteroatoms. The van der Waals surface area contributed by atoms with Crippen molar-refractivity contribution in [1.29, 1.82) is 0 Å². The number of nitrogens with zero attached hydrogens (tertiary/aromatic N) is 1. The molecule has 0 aliphatic rings. The second kappa shape index (κ2) is 9.50. The van der Waals surface area contributed by atoms with Gasteiger partial charge in [0.15, 0.2) is 11.6 Å². The fourth-order valence-electron chi connectivity index (χ4n) is 2.72. The van der Waals surface area contributed by atoms with Crippen LogP contribution in [0.15, 0.2) is 78.9 Å². The zero-order valence-electron chi connectivity index (χ0n) is 15.9. The maximum absolute atomic E-state index is 13.5. The molecule has 0 unspecified atom stereocenters. The third-order valence-electron chi connectivity index (χ3n) is 4.24. The number of esters is 1. The highest BCUT2D eigenvalue weighted by atomic mass is 19.1. The number of anilines is 1. The molecule has 29 heavy (non-hydrogen) atoms. The van der Waals surface area contributed by atoms with Crippen LogP contribution in [0.1, 0.15) is 20.7 Å². The monoisotopic (exact) mass is 393 g/mol. The fraction of sp³-hybridized carbons (Fsp3) is 0.130. The van der Waals surface area contributed by atoms with Crippen molar-refractivity contribution in [3.8, 4) is 5.75 Å². The summed E-state index contributed by atoms with van der Waals surface area (Å²) in [4.78, 5) is 26.8. The van der Waals surface area contributed by atoms with Crippen LogP contribution in [0.2, 0.25) is 0 Å². The highest BCUT2D eigenvalue weighted by Crippen LogP contribution is 2.18. The van der Waals surface area contributed by atoms with Crippen LogP contribution in [0.25, 0.3) is 0 Å². The fourth-order valence-corrected chi connectivity index (χ4v) is 2.72. The first kappa shape index (κ1) is 20.1. The Morgan fingerprint density at radius 1 is 0.828 bits per heavy atom. The van der Waals surface area contributed by atoms with E-state index in [0.29, 0.717) is 5.69 Å². The van der Waals surface area contributed by atoms with E-state index in [0.717, 1.165) is 0 Å². The van der Waals surface area contributed by atoms with E-state index in [4.69, 9.17) is 9.47 Å². The lowest BCUT2D eigenvalue weighted by Crippen LogP contribution is -2.28. The minimum absolute atomic E-state index is 0.00724. The summed E-state index contributed by atoms with van der Waals surface area (Å²) in [6, 6.07) is 21.6. The van der Waals surface area contributed by atoms with Gasteiger partial charge in [-0.05, 0) is 36.4 Å². The Morgan fingerprint density at radius 2 is 1.45 bits per heavy atom. The molecule has 0 fully saturated rings. The minimum Gasteiger partial charge on any atom is -0.487 e. The van der Waals surface area contributed by atoms with Crippen molar-refractivity contribution >= 4 is 17.6 Å². The highest BCUT2D eigenvalue weighted by Gasteiger charge is 2.21. The summed E-state index contributed by atoms with van der Waals surface area (Å²) < 4.78 is 24.0. The van der Waals surface area contributed by atoms with Crippen molar-refractivity contribution in [2.45, 2.75) is 0 Å². The topological polar surface area (TPSA) is 55.8 Å². The van der Waals surface area contributed by atoms with E-state index in [1.54, 1.807) is 49.5 Å². The molecule has 3 aromatic rings. The van der Waals surface area contributed by atoms with Gasteiger partial charge in [0, 0.05) is 12.7 Å². The number of benzene rings is 3. The molecule has 0 aromatic heterocycles. The van der Waals surface area contributed by atoms with Crippen LogP contribution in [0.3, 0.4) is 0 Å². The molecule has 0 bridgehead atoms. The van der Waals surface area contributed by atoms with Crippen LogP contribution >= 0.6 is 0 Å². The molecule has 0 N–H and O–H groups in total. The normalized spacial score (nSPS) is 10.3. The van der Waals surface area contributed by atoms with Crippen molar-refractivity contribution in [1.82, 2.24) is 0 Å². The van der Waals surface area contributed by atoms with Crippen molar-refractivity contribution in [3.05, 3.63) is 95.8 Å². The second-order valence-corrected chi connectivity index (χ2v) is 6.16. The number of carbonyl (C=O) groups excluding carboxylic acids is 2. The van der Waals surface area contributed by atoms with E-state index in [9.17, 15) is 14.0 Å². The number of hydrogen-bond acceptors (Lipinski definition) is 4. The Hall–Kier alpha value is -3.67. The number of ether oxygens (including phenoxy) is 2. The second-order valence-electron chi connectivity index (χ2n) is 6.16. The molecule has 3 aromatic carbocycles. The number of para-hydroxylation sites is 2. The summed E-state index contributed by atoms with van der Waals surface area (Å²) in [6.45, 7) is -0.0864. The van der Waals surface area contributed by atoms with E-state index >= 15 is 0 Å². The van der Waals surface area contributed by atoms with Gasteiger partial charge < -0.3 is 14.4 Å². The molecule has 0 spiro atoms. The zero-order valence-corrected chi connectivity index (χ0v) is 15.9. The van der Waals surface area contributed by atoms with E-state index in [-0.39, 0.29) is 36.0 Å². The molecule has 0 radical (unpaired) electrons. The SMILES string of the molecule is CN(C(=O)c1ccccc1C(=O)OCCOc1ccccc1F)c1ccccc1. The Morgan fingerprint density at radius 3 is 2.17 bits per heavy atom. The molecule has 5 nitrogen and oxygen atoms in total. The van der Waals surface area contributed by atoms with Crippen LogP contribution in [0.4, 0.5) is 10.1 Å². The molecule has 148 valence electrons. The number of hydrogen-bond donors (Lipinski definition) is 0. The van der Waals surface area contributed by atoms with E-state index in [1.807, 2.05) is 18.2 Å². The van der Waals surface area contributed by atoms with E-state index < -0.39 is 11.8 Å². The summed E-state index contributed by atoms with van der Waals surface area (Å²) in [5.74, 6) is -1.37. The van der Waals surface area contributed by atoms with Gasteiger partial charge >= 0.3 is 5.97 Å². The van der Waals surface area contributed by atoms with Crippen LogP contribution in [0, 0.1) is 5.82 Å². The van der Waals surface area contributed by atoms with E-state index in [1.165, 1.54) is 23.1 Å². The van der Waals surface area contributed by atoms with Crippen LogP contribution in [-0.2, 0) is 4.74 Å². The van der Waals surface area contributed by atoms with E-state index in [2.05, 4.69) is 0 Å². The van der Waals surface area contributed by atoms with Crippen LogP contribution in [-0.4, -0.2) is 32.1 Å². The standard InChI is InChI=1S/C23H20FNO4/c1-25(17-9-3-2-4-10-17)22(26)18-11-5-6-12-19(18)23(27)29-16-15-28-21-14-8-7-13-20(21)24/h2-14H,15-16H2,1H3. The number of rotatable bonds is 7. The maximum Gasteiger partial charge on any atom is 0.339 e. The molecular weight excluding hydrogens is 373 g/mol. The Bertz CT molecular complexity index is 991. The van der Waals surface area contributed by atoms with Crippen LogP contribution < -0.4 is 9.64 Å². The lowest BCUT2D eigenvalue weighted by Gasteiger charge is -2.18. The lowest BCUT2D eigenvalue weighted by atomic mass is 10.1. The summed E-state index contributed by atoms with van der Waals surface area (Å²) in [5.41, 5.74) is 1.10. The van der Waals surface area contributed by atoms with Gasteiger partial charge in [-0.3, -0.25) is 4.79 Å². The van der Waals surface area contributed by atoms with Gasteiger partial charge in [-0.2, -0.15) is 0 Å². The van der Waals surface area contributed by atoms with Gasteiger partial charge in [0.1, 0.15) is 13.2 Å². The Labute approximate surface area is 168 Å². The predicted molar refractivity (Wildman–Crippen MR) is 108 cm³/mol. The molecule has 0 saturated heterocycles. The highest BCUT2D eigenvalue weighted by molar-refractivity contribution is 6.11. The smallest absolute Gasteiger partial charge is 0.339 e. The average Bonchev–Trinajstić information content (AvgIpc) is 2.77. The summed E-state index contributed by atoms with van der Waals surface area (Å²) in [5, 5.41) is 0. The molecule has 0 aliphatic carbocycles. The predicted octanol–water partition coefficient (Wildman–Crippen LogP) is 4.34. The van der Waals surface area contributed by atoms with Crippen molar-refractivity contribution in [2.75, 3.05) is 25.2 Å². The first-order valence-electron chi connectivity index (χ1n) is 9.04. The summed E-state index contributed by atoms with van der Waals surface area (Å²) >= 11 is 0. The zero-order chi connectivity index (χ0) is 20.6. The molecule has 0 atom stereocenters. The molecule has 3 rings (SSSR count). The molecule has 0 saturated carbocycles. The third kappa shape index (κ3) is 4.99. The van der Waals surface area contributed by atoms with Crippen LogP contribution in [0.5, 0.6) is 5.75 Å². The molecule has 0 aliphatic heterocycles. The van der Waals surface area contributed by atoms with Gasteiger partial charge in [-0.25, -0.2) is 9.18 Å². The Balaban J connectivity index is 1.64. The summed E-state index contributed by atoms with van der Waals surface area (Å²) in [7, 11) is 1.64. The number of halogens is 1. The van der Waals surface area contributed by atoms with Crippen molar-refractivity contribution in [2.24, 2.45) is 0 Å². The molecule has 1 amide bonds. The third-order valence-corrected chi connectivity index (χ3v) is 4.24. The number of amides is 1. The maximum atomic E-state index is 13.5. The van der Waals surface area contributed by atoms with Gasteiger partial charge in [0.2, 0.25) is 0 Å². The minimum atomic E-state index is -0.646. The first-order chi connectivity index (χ1) is 14.1. The largest absolute Gasteiger partial charge is 0.487 e. The van der Waals surface area contributed by atoms with Crippen molar-refractivity contribution in [3.63, 3.8) is 0 Å². The molecular formula is C23H20FNO4. The quantitative estimate of drug-likeness (QED) is 0.443. The average molecular weight is 393 g/mol. The summed E-state index contributed by atoms with van der Waals surface area (Å²) in [6.07, 6.45) is 0. The number of carbonyl (C=O) groups is 2.